The van der Waals surface area contributed by atoms with Crippen molar-refractivity contribution in [1.82, 2.24) is 9.80 Å². The number of hydrogen-bond acceptors (Lipinski definition) is 4. The lowest BCUT2D eigenvalue weighted by Crippen LogP contribution is -2.58. The van der Waals surface area contributed by atoms with Crippen molar-refractivity contribution in [3.8, 4) is 0 Å². The topological polar surface area (TPSA) is 58.8 Å². The first-order valence-electron chi connectivity index (χ1n) is 8.30. The summed E-state index contributed by atoms with van der Waals surface area (Å²) in [5, 5.41) is 0. The van der Waals surface area contributed by atoms with Crippen LogP contribution in [0, 0.1) is 0 Å². The fourth-order valence-electron chi connectivity index (χ4n) is 3.00. The average Bonchev–Trinajstić information content (AvgIpc) is 2.52. The van der Waals surface area contributed by atoms with Gasteiger partial charge in [-0.25, -0.2) is 4.79 Å². The molecule has 0 radical (unpaired) electrons. The van der Waals surface area contributed by atoms with Crippen LogP contribution in [0.4, 0.5) is 4.79 Å². The summed E-state index contributed by atoms with van der Waals surface area (Å²) >= 11 is 0. The molecule has 128 valence electrons. The van der Waals surface area contributed by atoms with Crippen LogP contribution in [0.25, 0.3) is 0 Å². The Hall–Kier alpha value is -1.59. The van der Waals surface area contributed by atoms with Gasteiger partial charge in [-0.3, -0.25) is 4.90 Å². The van der Waals surface area contributed by atoms with Crippen molar-refractivity contribution in [1.29, 1.82) is 0 Å². The van der Waals surface area contributed by atoms with E-state index in [2.05, 4.69) is 36.1 Å². The maximum Gasteiger partial charge on any atom is 0.410 e. The van der Waals surface area contributed by atoms with E-state index in [4.69, 9.17) is 10.5 Å². The molecule has 2 rings (SSSR count). The smallest absolute Gasteiger partial charge is 0.410 e. The van der Waals surface area contributed by atoms with Crippen LogP contribution in [-0.4, -0.2) is 53.7 Å². The molecule has 0 aliphatic carbocycles. The molecule has 1 heterocycles. The summed E-state index contributed by atoms with van der Waals surface area (Å²) in [4.78, 5) is 16.4. The maximum absolute atomic E-state index is 12.3. The zero-order valence-corrected chi connectivity index (χ0v) is 14.7. The number of rotatable bonds is 3. The molecule has 1 aliphatic heterocycles. The van der Waals surface area contributed by atoms with Gasteiger partial charge in [-0.15, -0.1) is 0 Å². The zero-order valence-electron chi connectivity index (χ0n) is 14.7. The number of ether oxygens (including phenoxy) is 1. The first-order valence-corrected chi connectivity index (χ1v) is 8.30. The third kappa shape index (κ3) is 4.69. The van der Waals surface area contributed by atoms with Gasteiger partial charge in [-0.05, 0) is 33.3 Å². The van der Waals surface area contributed by atoms with Gasteiger partial charge in [0.2, 0.25) is 0 Å². The minimum absolute atomic E-state index is 0.145. The van der Waals surface area contributed by atoms with Gasteiger partial charge in [0.25, 0.3) is 0 Å². The molecule has 1 aromatic carbocycles. The Kier molecular flexibility index (Phi) is 5.65. The number of hydrogen-bond donors (Lipinski definition) is 1. The SMILES string of the molecule is CC(c1ccccc1)N1CCN(C(=O)OC(C)(C)C)CC1CN. The Morgan fingerprint density at radius 2 is 1.96 bits per heavy atom. The van der Waals surface area contributed by atoms with E-state index < -0.39 is 5.60 Å². The first-order chi connectivity index (χ1) is 10.8. The molecule has 0 spiro atoms. The summed E-state index contributed by atoms with van der Waals surface area (Å²) in [5.74, 6) is 0. The molecule has 0 bridgehead atoms. The highest BCUT2D eigenvalue weighted by Gasteiger charge is 2.33. The summed E-state index contributed by atoms with van der Waals surface area (Å²) in [5.41, 5.74) is 6.78. The van der Waals surface area contributed by atoms with Crippen molar-refractivity contribution in [2.75, 3.05) is 26.2 Å². The Bertz CT molecular complexity index is 513. The van der Waals surface area contributed by atoms with Crippen LogP contribution in [0.5, 0.6) is 0 Å². The molecule has 0 saturated carbocycles. The van der Waals surface area contributed by atoms with Gasteiger partial charge < -0.3 is 15.4 Å². The van der Waals surface area contributed by atoms with Gasteiger partial charge in [0.1, 0.15) is 5.60 Å². The molecule has 0 aromatic heterocycles. The second-order valence-electron chi connectivity index (χ2n) is 7.14. The van der Waals surface area contributed by atoms with Crippen LogP contribution in [0.15, 0.2) is 30.3 Å². The lowest BCUT2D eigenvalue weighted by atomic mass is 10.0. The Balaban J connectivity index is 2.03. The van der Waals surface area contributed by atoms with Crippen molar-refractivity contribution >= 4 is 6.09 Å². The van der Waals surface area contributed by atoms with E-state index in [9.17, 15) is 4.79 Å². The second-order valence-corrected chi connectivity index (χ2v) is 7.14. The largest absolute Gasteiger partial charge is 0.444 e. The number of carbonyl (C=O) groups is 1. The number of amides is 1. The Labute approximate surface area is 139 Å². The van der Waals surface area contributed by atoms with Gasteiger partial charge in [0, 0.05) is 38.3 Å². The van der Waals surface area contributed by atoms with E-state index in [0.717, 1.165) is 6.54 Å². The van der Waals surface area contributed by atoms with E-state index in [1.54, 1.807) is 4.90 Å². The average molecular weight is 319 g/mol. The van der Waals surface area contributed by atoms with E-state index in [1.807, 2.05) is 26.8 Å². The number of nitrogens with two attached hydrogens (primary N) is 1. The second kappa shape index (κ2) is 7.32. The minimum Gasteiger partial charge on any atom is -0.444 e. The minimum atomic E-state index is -0.468. The van der Waals surface area contributed by atoms with E-state index in [-0.39, 0.29) is 18.2 Å². The molecule has 1 aromatic rings. The molecule has 2 unspecified atom stereocenters. The number of piperazine rings is 1. The standard InChI is InChI=1S/C18H29N3O2/c1-14(15-8-6-5-7-9-15)21-11-10-20(13-16(21)12-19)17(22)23-18(2,3)4/h5-9,14,16H,10-13,19H2,1-4H3. The maximum atomic E-state index is 12.3. The normalized spacial score (nSPS) is 21.1. The molecule has 1 fully saturated rings. The monoisotopic (exact) mass is 319 g/mol. The predicted octanol–water partition coefficient (Wildman–Crippen LogP) is 2.63. The Morgan fingerprint density at radius 1 is 1.30 bits per heavy atom. The fourth-order valence-corrected chi connectivity index (χ4v) is 3.00. The lowest BCUT2D eigenvalue weighted by Gasteiger charge is -2.44. The number of benzene rings is 1. The van der Waals surface area contributed by atoms with E-state index >= 15 is 0 Å². The van der Waals surface area contributed by atoms with E-state index in [1.165, 1.54) is 5.56 Å². The van der Waals surface area contributed by atoms with E-state index in [0.29, 0.717) is 19.6 Å². The molecular weight excluding hydrogens is 290 g/mol. The molecule has 1 saturated heterocycles. The van der Waals surface area contributed by atoms with Crippen molar-refractivity contribution in [2.24, 2.45) is 5.73 Å². The molecule has 1 amide bonds. The van der Waals surface area contributed by atoms with Crippen LogP contribution in [0.1, 0.15) is 39.3 Å². The van der Waals surface area contributed by atoms with Gasteiger partial charge in [0.05, 0.1) is 0 Å². The third-order valence-corrected chi connectivity index (χ3v) is 4.23. The van der Waals surface area contributed by atoms with Gasteiger partial charge in [0.15, 0.2) is 0 Å². The first kappa shape index (κ1) is 17.8. The molecule has 1 aliphatic rings. The van der Waals surface area contributed by atoms with Crippen LogP contribution in [0.2, 0.25) is 0 Å². The van der Waals surface area contributed by atoms with Crippen molar-refractivity contribution < 1.29 is 9.53 Å². The quantitative estimate of drug-likeness (QED) is 0.930. The third-order valence-electron chi connectivity index (χ3n) is 4.23. The van der Waals surface area contributed by atoms with Crippen molar-refractivity contribution in [3.63, 3.8) is 0 Å². The molecule has 2 atom stereocenters. The fraction of sp³-hybridized carbons (Fsp3) is 0.611. The molecular formula is C18H29N3O2. The lowest BCUT2D eigenvalue weighted by molar-refractivity contribution is -0.00209. The van der Waals surface area contributed by atoms with Crippen LogP contribution >= 0.6 is 0 Å². The highest BCUT2D eigenvalue weighted by Crippen LogP contribution is 2.25. The summed E-state index contributed by atoms with van der Waals surface area (Å²) in [6.07, 6.45) is -0.247. The van der Waals surface area contributed by atoms with Crippen molar-refractivity contribution in [2.45, 2.75) is 45.4 Å². The van der Waals surface area contributed by atoms with Crippen LogP contribution in [-0.2, 0) is 4.74 Å². The van der Waals surface area contributed by atoms with Gasteiger partial charge >= 0.3 is 6.09 Å². The highest BCUT2D eigenvalue weighted by molar-refractivity contribution is 5.68. The summed E-state index contributed by atoms with van der Waals surface area (Å²) in [6.45, 7) is 10.5. The molecule has 2 N–H and O–H groups in total. The van der Waals surface area contributed by atoms with Crippen molar-refractivity contribution in [3.05, 3.63) is 35.9 Å². The van der Waals surface area contributed by atoms with Gasteiger partial charge in [-0.1, -0.05) is 30.3 Å². The molecule has 5 nitrogen and oxygen atoms in total. The Morgan fingerprint density at radius 3 is 2.52 bits per heavy atom. The van der Waals surface area contributed by atoms with Crippen LogP contribution in [0.3, 0.4) is 0 Å². The van der Waals surface area contributed by atoms with Gasteiger partial charge in [-0.2, -0.15) is 0 Å². The molecule has 23 heavy (non-hydrogen) atoms. The highest BCUT2D eigenvalue weighted by atomic mass is 16.6. The predicted molar refractivity (Wildman–Crippen MR) is 92.2 cm³/mol. The van der Waals surface area contributed by atoms with Crippen LogP contribution < -0.4 is 5.73 Å². The number of carbonyl (C=O) groups excluding carboxylic acids is 1. The molecule has 5 heteroatoms. The zero-order chi connectivity index (χ0) is 17.0. The number of nitrogens with zero attached hydrogens (tertiary/aromatic N) is 2. The summed E-state index contributed by atoms with van der Waals surface area (Å²) < 4.78 is 5.48. The summed E-state index contributed by atoms with van der Waals surface area (Å²) in [7, 11) is 0. The summed E-state index contributed by atoms with van der Waals surface area (Å²) in [6, 6.07) is 10.8.